The van der Waals surface area contributed by atoms with Gasteiger partial charge in [-0.2, -0.15) is 0 Å². The first-order valence-electron chi connectivity index (χ1n) is 12.8. The Morgan fingerprint density at radius 2 is 1.73 bits per heavy atom. The molecule has 0 bridgehead atoms. The molecule has 192 valence electrons. The minimum atomic E-state index is -0.123. The number of benzene rings is 1. The number of piperazine rings is 1. The van der Waals surface area contributed by atoms with Crippen molar-refractivity contribution in [1.29, 1.82) is 0 Å². The van der Waals surface area contributed by atoms with Gasteiger partial charge in [0.1, 0.15) is 5.82 Å². The smallest absolute Gasteiger partial charge is 0.329 e. The number of carbonyl (C=O) groups excluding carboxylic acids is 1. The molecule has 37 heavy (non-hydrogen) atoms. The van der Waals surface area contributed by atoms with E-state index in [2.05, 4.69) is 33.3 Å². The van der Waals surface area contributed by atoms with Crippen molar-refractivity contribution in [3.05, 3.63) is 53.2 Å². The molecule has 0 aliphatic carbocycles. The van der Waals surface area contributed by atoms with E-state index in [0.717, 1.165) is 59.0 Å². The topological polar surface area (TPSA) is 97.5 Å². The van der Waals surface area contributed by atoms with E-state index in [1.165, 1.54) is 0 Å². The number of hydrogen-bond acceptors (Lipinski definition) is 6. The van der Waals surface area contributed by atoms with Crippen LogP contribution in [0.15, 0.2) is 47.5 Å². The monoisotopic (exact) mass is 501 g/mol. The lowest BCUT2D eigenvalue weighted by atomic mass is 10.0. The maximum atomic E-state index is 13.2. The Morgan fingerprint density at radius 1 is 0.973 bits per heavy atom. The fraction of sp³-hybridized carbons (Fsp3) is 0.407. The number of nitrogens with one attached hydrogen (secondary N) is 1. The van der Waals surface area contributed by atoms with Gasteiger partial charge in [0.05, 0.1) is 22.7 Å². The van der Waals surface area contributed by atoms with Crippen molar-refractivity contribution in [1.82, 2.24) is 28.9 Å². The Balaban J connectivity index is 1.32. The molecule has 4 aromatic rings. The van der Waals surface area contributed by atoms with Crippen molar-refractivity contribution in [2.75, 3.05) is 51.8 Å². The summed E-state index contributed by atoms with van der Waals surface area (Å²) in [7, 11) is 3.86. The van der Waals surface area contributed by atoms with Crippen molar-refractivity contribution in [3.8, 4) is 11.1 Å². The summed E-state index contributed by atoms with van der Waals surface area (Å²) in [5, 5.41) is 3.84. The molecule has 1 aromatic carbocycles. The van der Waals surface area contributed by atoms with Gasteiger partial charge in [0.2, 0.25) is 0 Å². The molecule has 0 spiro atoms. The second-order valence-corrected chi connectivity index (χ2v) is 9.93. The summed E-state index contributed by atoms with van der Waals surface area (Å²) < 4.78 is 9.16. The normalized spacial score (nSPS) is 17.5. The minimum absolute atomic E-state index is 0.0243. The van der Waals surface area contributed by atoms with Gasteiger partial charge in [-0.25, -0.2) is 14.6 Å². The maximum Gasteiger partial charge on any atom is 0.329 e. The highest BCUT2D eigenvalue weighted by atomic mass is 16.5. The van der Waals surface area contributed by atoms with Crippen LogP contribution in [0.1, 0.15) is 18.9 Å². The van der Waals surface area contributed by atoms with E-state index in [9.17, 15) is 9.59 Å². The third-order valence-electron chi connectivity index (χ3n) is 7.59. The van der Waals surface area contributed by atoms with Gasteiger partial charge in [0.25, 0.3) is 0 Å². The van der Waals surface area contributed by atoms with E-state index in [1.54, 1.807) is 24.0 Å². The van der Waals surface area contributed by atoms with E-state index in [1.807, 2.05) is 33.7 Å². The predicted molar refractivity (Wildman–Crippen MR) is 143 cm³/mol. The lowest BCUT2D eigenvalue weighted by Crippen LogP contribution is -2.48. The summed E-state index contributed by atoms with van der Waals surface area (Å²) in [6, 6.07) is 9.84. The van der Waals surface area contributed by atoms with Gasteiger partial charge in [0.15, 0.2) is 0 Å². The van der Waals surface area contributed by atoms with Gasteiger partial charge in [-0.15, -0.1) is 0 Å². The first-order valence-corrected chi connectivity index (χ1v) is 12.8. The molecule has 2 aliphatic heterocycles. The van der Waals surface area contributed by atoms with Crippen LogP contribution in [-0.2, 0) is 11.8 Å². The van der Waals surface area contributed by atoms with Crippen LogP contribution in [0.3, 0.4) is 0 Å². The van der Waals surface area contributed by atoms with E-state index >= 15 is 0 Å². The molecule has 10 nitrogen and oxygen atoms in total. The number of fused-ring (bicyclic) bond motifs is 3. The van der Waals surface area contributed by atoms with Gasteiger partial charge in [0, 0.05) is 69.6 Å². The number of aromatic nitrogens is 4. The van der Waals surface area contributed by atoms with Crippen molar-refractivity contribution < 1.29 is 9.53 Å². The molecule has 2 fully saturated rings. The Labute approximate surface area is 214 Å². The number of urea groups is 1. The Kier molecular flexibility index (Phi) is 6.13. The zero-order valence-electron chi connectivity index (χ0n) is 21.2. The van der Waals surface area contributed by atoms with Crippen LogP contribution in [0.4, 0.5) is 10.6 Å². The molecule has 2 aliphatic rings. The third kappa shape index (κ3) is 4.36. The summed E-state index contributed by atoms with van der Waals surface area (Å²) in [6.07, 6.45) is 5.18. The number of ether oxygens (including phenoxy) is 1. The van der Waals surface area contributed by atoms with Crippen molar-refractivity contribution in [2.45, 2.75) is 18.9 Å². The molecule has 1 N–H and O–H groups in total. The molecule has 2 saturated heterocycles. The number of nitrogens with zero attached hydrogens (tertiary/aromatic N) is 6. The highest BCUT2D eigenvalue weighted by molar-refractivity contribution is 6.04. The standard InChI is InChI=1S/C27H31N7O3/c1-31-9-11-33(12-10-31)26(35)30-24-6-4-19(16-29-24)18-3-5-22-21(15-18)25-23(17-28-22)32(2)27(36)34(25)20-7-13-37-14-8-20/h3-6,15-17,20H,7-14H2,1-2H3,(H,29,30,35). The predicted octanol–water partition coefficient (Wildman–Crippen LogP) is 3.08. The first-order chi connectivity index (χ1) is 18.0. The summed E-state index contributed by atoms with van der Waals surface area (Å²) in [5.74, 6) is 0.522. The van der Waals surface area contributed by atoms with E-state index in [-0.39, 0.29) is 17.8 Å². The van der Waals surface area contributed by atoms with E-state index in [4.69, 9.17) is 4.74 Å². The van der Waals surface area contributed by atoms with Gasteiger partial charge < -0.3 is 14.5 Å². The maximum absolute atomic E-state index is 13.2. The Morgan fingerprint density at radius 3 is 2.46 bits per heavy atom. The second-order valence-electron chi connectivity index (χ2n) is 9.93. The Bertz CT molecular complexity index is 1510. The van der Waals surface area contributed by atoms with Gasteiger partial charge in [-0.05, 0) is 49.7 Å². The molecule has 0 atom stereocenters. The summed E-state index contributed by atoms with van der Waals surface area (Å²) in [4.78, 5) is 39.0. The summed E-state index contributed by atoms with van der Waals surface area (Å²) in [5.41, 5.74) is 4.44. The lowest BCUT2D eigenvalue weighted by Gasteiger charge is -2.32. The second kappa shape index (κ2) is 9.60. The summed E-state index contributed by atoms with van der Waals surface area (Å²) >= 11 is 0. The number of likely N-dealkylation sites (N-methyl/N-ethyl adjacent to an activating group) is 1. The molecule has 0 saturated carbocycles. The largest absolute Gasteiger partial charge is 0.381 e. The zero-order chi connectivity index (χ0) is 25.5. The molecule has 0 radical (unpaired) electrons. The zero-order valence-corrected chi connectivity index (χ0v) is 21.2. The average Bonchev–Trinajstić information content (AvgIpc) is 3.19. The fourth-order valence-corrected chi connectivity index (χ4v) is 5.33. The quantitative estimate of drug-likeness (QED) is 0.463. The van der Waals surface area contributed by atoms with Crippen LogP contribution in [-0.4, -0.2) is 81.4 Å². The highest BCUT2D eigenvalue weighted by Crippen LogP contribution is 2.31. The van der Waals surface area contributed by atoms with Crippen LogP contribution < -0.4 is 11.0 Å². The molecule has 0 unspecified atom stereocenters. The van der Waals surface area contributed by atoms with Gasteiger partial charge >= 0.3 is 11.7 Å². The number of amides is 2. The van der Waals surface area contributed by atoms with Crippen LogP contribution in [0, 0.1) is 0 Å². The van der Waals surface area contributed by atoms with Gasteiger partial charge in [-0.3, -0.25) is 19.4 Å². The summed E-state index contributed by atoms with van der Waals surface area (Å²) in [6.45, 7) is 4.47. The van der Waals surface area contributed by atoms with Crippen molar-refractivity contribution in [3.63, 3.8) is 0 Å². The van der Waals surface area contributed by atoms with Crippen LogP contribution in [0.2, 0.25) is 0 Å². The average molecular weight is 502 g/mol. The number of carbonyl (C=O) groups is 1. The lowest BCUT2D eigenvalue weighted by molar-refractivity contribution is 0.0697. The molecule has 6 rings (SSSR count). The van der Waals surface area contributed by atoms with E-state index in [0.29, 0.717) is 32.1 Å². The SMILES string of the molecule is CN1CCN(C(=O)Nc2ccc(-c3ccc4ncc5c(c4c3)n(C3CCOCC3)c(=O)n5C)cn2)CC1. The van der Waals surface area contributed by atoms with Crippen molar-refractivity contribution in [2.24, 2.45) is 7.05 Å². The van der Waals surface area contributed by atoms with Gasteiger partial charge in [-0.1, -0.05) is 6.07 Å². The minimum Gasteiger partial charge on any atom is -0.381 e. The number of imidazole rings is 1. The number of rotatable bonds is 3. The molecular weight excluding hydrogens is 470 g/mol. The number of pyridine rings is 2. The Hall–Kier alpha value is -3.76. The highest BCUT2D eigenvalue weighted by Gasteiger charge is 2.24. The number of anilines is 1. The van der Waals surface area contributed by atoms with Crippen molar-refractivity contribution >= 4 is 33.8 Å². The van der Waals surface area contributed by atoms with Crippen LogP contribution >= 0.6 is 0 Å². The van der Waals surface area contributed by atoms with Crippen LogP contribution in [0.25, 0.3) is 33.1 Å². The fourth-order valence-electron chi connectivity index (χ4n) is 5.33. The number of aryl methyl sites for hydroxylation is 1. The molecular formula is C27H31N7O3. The molecule has 2 amide bonds. The molecule has 3 aromatic heterocycles. The first kappa shape index (κ1) is 23.6. The van der Waals surface area contributed by atoms with E-state index < -0.39 is 0 Å². The molecule has 10 heteroatoms. The molecule has 5 heterocycles. The van der Waals surface area contributed by atoms with Crippen LogP contribution in [0.5, 0.6) is 0 Å². The third-order valence-corrected chi connectivity index (χ3v) is 7.59. The number of hydrogen-bond donors (Lipinski definition) is 1.